The Morgan fingerprint density at radius 1 is 0.973 bits per heavy atom. The van der Waals surface area contributed by atoms with Crippen molar-refractivity contribution in [2.45, 2.75) is 50.3 Å². The van der Waals surface area contributed by atoms with Gasteiger partial charge in [0.2, 0.25) is 0 Å². The summed E-state index contributed by atoms with van der Waals surface area (Å²) in [4.78, 5) is 13.0. The largest absolute Gasteiger partial charge is 0.460 e. The molecule has 2 N–H and O–H groups in total. The molecule has 7 nitrogen and oxygen atoms in total. The zero-order chi connectivity index (χ0) is 26.5. The van der Waals surface area contributed by atoms with E-state index in [0.717, 1.165) is 24.2 Å². The molecule has 4 rings (SSSR count). The second-order valence-corrected chi connectivity index (χ2v) is 12.1. The van der Waals surface area contributed by atoms with Gasteiger partial charge in [-0.05, 0) is 75.7 Å². The van der Waals surface area contributed by atoms with Crippen LogP contribution in [0.3, 0.4) is 0 Å². The summed E-state index contributed by atoms with van der Waals surface area (Å²) in [7, 11) is -3.79. The maximum Gasteiger partial charge on any atom is 0.312 e. The van der Waals surface area contributed by atoms with Crippen LogP contribution in [0.2, 0.25) is 0 Å². The molecule has 0 saturated carbocycles. The Labute approximate surface area is 219 Å². The summed E-state index contributed by atoms with van der Waals surface area (Å²) < 4.78 is 34.3. The first-order valence-electron chi connectivity index (χ1n) is 12.6. The summed E-state index contributed by atoms with van der Waals surface area (Å²) in [6, 6.07) is 25.2. The number of piperidine rings is 1. The highest BCUT2D eigenvalue weighted by Crippen LogP contribution is 2.28. The number of hydrogen-bond acceptors (Lipinski definition) is 6. The quantitative estimate of drug-likeness (QED) is 0.414. The minimum atomic E-state index is -3.79. The highest BCUT2D eigenvalue weighted by Gasteiger charge is 2.34. The van der Waals surface area contributed by atoms with E-state index < -0.39 is 15.6 Å². The van der Waals surface area contributed by atoms with Gasteiger partial charge < -0.3 is 15.4 Å². The second-order valence-electron chi connectivity index (χ2n) is 10.2. The molecule has 2 unspecified atom stereocenters. The van der Waals surface area contributed by atoms with E-state index in [4.69, 9.17) is 4.74 Å². The first-order chi connectivity index (χ1) is 17.6. The van der Waals surface area contributed by atoms with Crippen LogP contribution < -0.4 is 14.9 Å². The second kappa shape index (κ2) is 11.4. The molecule has 8 heteroatoms. The minimum Gasteiger partial charge on any atom is -0.460 e. The number of rotatable bonds is 8. The van der Waals surface area contributed by atoms with Crippen molar-refractivity contribution in [3.8, 4) is 0 Å². The third-order valence-electron chi connectivity index (χ3n) is 6.20. The van der Waals surface area contributed by atoms with Crippen LogP contribution in [0.25, 0.3) is 0 Å². The van der Waals surface area contributed by atoms with Crippen LogP contribution in [-0.4, -0.2) is 39.1 Å². The lowest BCUT2D eigenvalue weighted by Crippen LogP contribution is -2.49. The van der Waals surface area contributed by atoms with Crippen molar-refractivity contribution in [1.29, 1.82) is 0 Å². The van der Waals surface area contributed by atoms with Crippen LogP contribution in [-0.2, 0) is 26.1 Å². The Bertz CT molecular complexity index is 1270. The molecule has 0 aromatic heterocycles. The number of carbonyl (C=O) groups is 1. The highest BCUT2D eigenvalue weighted by molar-refractivity contribution is 7.92. The van der Waals surface area contributed by atoms with Crippen LogP contribution in [0.1, 0.15) is 32.8 Å². The number of anilines is 2. The molecular formula is C29H35N3O4S. The van der Waals surface area contributed by atoms with Gasteiger partial charge in [0, 0.05) is 18.3 Å². The average molecular weight is 522 g/mol. The molecule has 1 saturated heterocycles. The Kier molecular flexibility index (Phi) is 8.19. The van der Waals surface area contributed by atoms with Crippen LogP contribution in [0.15, 0.2) is 89.8 Å². The van der Waals surface area contributed by atoms with Gasteiger partial charge in [-0.1, -0.05) is 48.5 Å². The molecule has 1 heterocycles. The highest BCUT2D eigenvalue weighted by atomic mass is 32.2. The Morgan fingerprint density at radius 3 is 2.22 bits per heavy atom. The van der Waals surface area contributed by atoms with E-state index in [1.54, 1.807) is 42.5 Å². The summed E-state index contributed by atoms with van der Waals surface area (Å²) >= 11 is 0. The fourth-order valence-corrected chi connectivity index (χ4v) is 5.85. The molecule has 0 amide bonds. The summed E-state index contributed by atoms with van der Waals surface area (Å²) in [5.74, 6) is -0.544. The van der Waals surface area contributed by atoms with Gasteiger partial charge in [0.15, 0.2) is 0 Å². The molecule has 0 bridgehead atoms. The topological polar surface area (TPSA) is 87.7 Å². The van der Waals surface area contributed by atoms with Gasteiger partial charge in [0.1, 0.15) is 5.60 Å². The van der Waals surface area contributed by atoms with Crippen LogP contribution in [0, 0.1) is 5.92 Å². The Morgan fingerprint density at radius 2 is 1.59 bits per heavy atom. The smallest absolute Gasteiger partial charge is 0.312 e. The molecule has 196 valence electrons. The Balaban J connectivity index is 1.57. The first-order valence-corrected chi connectivity index (χ1v) is 14.0. The van der Waals surface area contributed by atoms with Crippen molar-refractivity contribution in [3.05, 3.63) is 90.5 Å². The molecule has 37 heavy (non-hydrogen) atoms. The number of sulfonamides is 1. The lowest BCUT2D eigenvalue weighted by atomic mass is 9.92. The van der Waals surface area contributed by atoms with Gasteiger partial charge in [-0.15, -0.1) is 0 Å². The molecule has 2 atom stereocenters. The number of nitrogens with zero attached hydrogens (tertiary/aromatic N) is 1. The molecule has 1 fully saturated rings. The van der Waals surface area contributed by atoms with E-state index >= 15 is 0 Å². The minimum absolute atomic E-state index is 0.0876. The predicted octanol–water partition coefficient (Wildman–Crippen LogP) is 4.81. The number of esters is 1. The fraction of sp³-hybridized carbons (Fsp3) is 0.345. The number of benzene rings is 3. The van der Waals surface area contributed by atoms with Gasteiger partial charge in [0.25, 0.3) is 10.0 Å². The van der Waals surface area contributed by atoms with E-state index in [2.05, 4.69) is 10.6 Å². The van der Waals surface area contributed by atoms with Crippen LogP contribution >= 0.6 is 0 Å². The predicted molar refractivity (Wildman–Crippen MR) is 147 cm³/mol. The van der Waals surface area contributed by atoms with Crippen molar-refractivity contribution >= 4 is 27.4 Å². The summed E-state index contributed by atoms with van der Waals surface area (Å²) in [6.07, 6.45) is 0.772. The summed E-state index contributed by atoms with van der Waals surface area (Å²) in [6.45, 7) is 7.16. The lowest BCUT2D eigenvalue weighted by molar-refractivity contribution is -0.160. The van der Waals surface area contributed by atoms with Crippen molar-refractivity contribution in [2.24, 2.45) is 5.92 Å². The maximum absolute atomic E-state index is 13.6. The molecular weight excluding hydrogens is 486 g/mol. The van der Waals surface area contributed by atoms with Crippen LogP contribution in [0.4, 0.5) is 11.4 Å². The normalized spacial score (nSPS) is 18.1. The van der Waals surface area contributed by atoms with E-state index in [9.17, 15) is 13.2 Å². The Hall–Kier alpha value is -3.36. The third kappa shape index (κ3) is 6.90. The van der Waals surface area contributed by atoms with Crippen molar-refractivity contribution in [1.82, 2.24) is 5.32 Å². The van der Waals surface area contributed by atoms with Crippen LogP contribution in [0.5, 0.6) is 0 Å². The average Bonchev–Trinajstić information content (AvgIpc) is 2.88. The summed E-state index contributed by atoms with van der Waals surface area (Å²) in [5, 5.41) is 6.76. The van der Waals surface area contributed by atoms with Crippen molar-refractivity contribution in [2.75, 3.05) is 22.7 Å². The van der Waals surface area contributed by atoms with Gasteiger partial charge in [-0.2, -0.15) is 0 Å². The maximum atomic E-state index is 13.6. The molecule has 1 aliphatic rings. The monoisotopic (exact) mass is 521 g/mol. The number of nitrogens with one attached hydrogen (secondary N) is 2. The van der Waals surface area contributed by atoms with Gasteiger partial charge in [-0.3, -0.25) is 9.10 Å². The molecule has 0 radical (unpaired) electrons. The number of ether oxygens (including phenoxy) is 1. The molecule has 1 aliphatic heterocycles. The summed E-state index contributed by atoms with van der Waals surface area (Å²) in [5.41, 5.74) is 1.72. The zero-order valence-electron chi connectivity index (χ0n) is 21.6. The van der Waals surface area contributed by atoms with E-state index in [0.29, 0.717) is 12.2 Å². The van der Waals surface area contributed by atoms with E-state index in [-0.39, 0.29) is 29.4 Å². The molecule has 3 aromatic rings. The first kappa shape index (κ1) is 26.7. The molecule has 0 spiro atoms. The zero-order valence-corrected chi connectivity index (χ0v) is 22.4. The third-order valence-corrected chi connectivity index (χ3v) is 7.99. The molecule has 3 aromatic carbocycles. The van der Waals surface area contributed by atoms with E-state index in [1.165, 1.54) is 4.31 Å². The van der Waals surface area contributed by atoms with Crippen molar-refractivity contribution < 1.29 is 17.9 Å². The van der Waals surface area contributed by atoms with Crippen molar-refractivity contribution in [3.63, 3.8) is 0 Å². The number of hydrogen-bond donors (Lipinski definition) is 2. The van der Waals surface area contributed by atoms with E-state index in [1.807, 2.05) is 63.2 Å². The van der Waals surface area contributed by atoms with Gasteiger partial charge >= 0.3 is 5.97 Å². The lowest BCUT2D eigenvalue weighted by Gasteiger charge is -2.34. The standard InChI is InChI=1S/C29H35N3O4S/c1-29(2,3)36-28(33)26-20-30-19-18-27(26)31-23-14-16-24(17-15-23)32(21-22-10-6-4-7-11-22)37(34,35)25-12-8-5-9-13-25/h4-17,26-27,30-31H,18-21H2,1-3H3. The van der Waals surface area contributed by atoms with Gasteiger partial charge in [0.05, 0.1) is 23.0 Å². The molecule has 0 aliphatic carbocycles. The van der Waals surface area contributed by atoms with Gasteiger partial charge in [-0.25, -0.2) is 8.42 Å². The fourth-order valence-electron chi connectivity index (χ4n) is 4.38. The number of carbonyl (C=O) groups excluding carboxylic acids is 1. The SMILES string of the molecule is CC(C)(C)OC(=O)C1CNCCC1Nc1ccc(N(Cc2ccccc2)S(=O)(=O)c2ccccc2)cc1.